The van der Waals surface area contributed by atoms with Gasteiger partial charge in [0.05, 0.1) is 23.2 Å². The van der Waals surface area contributed by atoms with E-state index in [9.17, 15) is 9.59 Å². The molecular weight excluding hydrogens is 418 g/mol. The molecule has 1 N–H and O–H groups in total. The number of para-hydroxylation sites is 1. The maximum atomic E-state index is 12.8. The van der Waals surface area contributed by atoms with Crippen LogP contribution in [0.3, 0.4) is 0 Å². The molecule has 5 nitrogen and oxygen atoms in total. The molecule has 2 amide bonds. The lowest BCUT2D eigenvalue weighted by molar-refractivity contribution is -0.126. The number of carbonyl (C=O) groups excluding carboxylic acids is 2. The molecule has 4 rings (SSSR count). The number of anilines is 1. The molecule has 166 valence electrons. The third kappa shape index (κ3) is 4.91. The molecule has 1 saturated heterocycles. The minimum atomic E-state index is -0.334. The summed E-state index contributed by atoms with van der Waals surface area (Å²) in [6.45, 7) is 5.03. The van der Waals surface area contributed by atoms with Gasteiger partial charge in [-0.05, 0) is 29.5 Å². The second kappa shape index (κ2) is 10.1. The first kappa shape index (κ1) is 22.2. The number of aryl methyl sites for hydroxylation is 2. The molecule has 0 radical (unpaired) electrons. The van der Waals surface area contributed by atoms with Crippen LogP contribution in [0.2, 0.25) is 0 Å². The molecule has 1 aromatic heterocycles. The molecular formula is C26H29N3O2S. The first-order valence-corrected chi connectivity index (χ1v) is 12.1. The fourth-order valence-electron chi connectivity index (χ4n) is 4.26. The molecule has 0 bridgehead atoms. The number of nitrogens with zero attached hydrogens (tertiary/aromatic N) is 2. The second-order valence-corrected chi connectivity index (χ2v) is 9.09. The molecule has 32 heavy (non-hydrogen) atoms. The van der Waals surface area contributed by atoms with E-state index in [0.717, 1.165) is 46.8 Å². The van der Waals surface area contributed by atoms with E-state index in [4.69, 9.17) is 0 Å². The van der Waals surface area contributed by atoms with Gasteiger partial charge < -0.3 is 10.2 Å². The number of carbonyl (C=O) groups is 2. The van der Waals surface area contributed by atoms with Gasteiger partial charge in [-0.15, -0.1) is 11.3 Å². The van der Waals surface area contributed by atoms with E-state index in [1.807, 2.05) is 34.5 Å². The molecule has 1 aliphatic heterocycles. The fraction of sp³-hybridized carbons (Fsp3) is 0.346. The second-order valence-electron chi connectivity index (χ2n) is 8.15. The van der Waals surface area contributed by atoms with Crippen molar-refractivity contribution >= 4 is 28.8 Å². The molecule has 2 heterocycles. The normalized spacial score (nSPS) is 15.9. The van der Waals surface area contributed by atoms with E-state index in [-0.39, 0.29) is 24.2 Å². The van der Waals surface area contributed by atoms with Crippen molar-refractivity contribution in [3.63, 3.8) is 0 Å². The van der Waals surface area contributed by atoms with Gasteiger partial charge in [0.25, 0.3) is 0 Å². The molecule has 0 spiro atoms. The van der Waals surface area contributed by atoms with Gasteiger partial charge in [-0.2, -0.15) is 0 Å². The van der Waals surface area contributed by atoms with E-state index < -0.39 is 0 Å². The summed E-state index contributed by atoms with van der Waals surface area (Å²) in [4.78, 5) is 32.1. The smallest absolute Gasteiger partial charge is 0.227 e. The number of aromatic nitrogens is 1. The lowest BCUT2D eigenvalue weighted by Gasteiger charge is -2.23. The van der Waals surface area contributed by atoms with Crippen LogP contribution in [0.4, 0.5) is 5.69 Å². The minimum absolute atomic E-state index is 0.0274. The van der Waals surface area contributed by atoms with Crippen molar-refractivity contribution in [1.82, 2.24) is 10.3 Å². The van der Waals surface area contributed by atoms with Crippen molar-refractivity contribution in [2.75, 3.05) is 11.4 Å². The summed E-state index contributed by atoms with van der Waals surface area (Å²) in [7, 11) is 0. The molecule has 1 atom stereocenters. The summed E-state index contributed by atoms with van der Waals surface area (Å²) in [5.74, 6) is -0.385. The molecule has 1 aliphatic rings. The van der Waals surface area contributed by atoms with E-state index in [2.05, 4.69) is 48.4 Å². The van der Waals surface area contributed by atoms with E-state index in [0.29, 0.717) is 13.1 Å². The monoisotopic (exact) mass is 447 g/mol. The molecule has 0 saturated carbocycles. The molecule has 1 unspecified atom stereocenters. The number of hydrogen-bond donors (Lipinski definition) is 1. The van der Waals surface area contributed by atoms with Crippen molar-refractivity contribution in [2.24, 2.45) is 5.92 Å². The molecule has 6 heteroatoms. The Morgan fingerprint density at radius 2 is 1.81 bits per heavy atom. The summed E-state index contributed by atoms with van der Waals surface area (Å²) in [6, 6.07) is 16.4. The van der Waals surface area contributed by atoms with Gasteiger partial charge >= 0.3 is 0 Å². The number of amides is 2. The number of hydrogen-bond acceptors (Lipinski definition) is 4. The lowest BCUT2D eigenvalue weighted by atomic mass is 10.0. The number of nitrogens with one attached hydrogen (secondary N) is 1. The van der Waals surface area contributed by atoms with Crippen molar-refractivity contribution in [2.45, 2.75) is 46.1 Å². The van der Waals surface area contributed by atoms with Crippen LogP contribution in [0.15, 0.2) is 53.9 Å². The predicted molar refractivity (Wildman–Crippen MR) is 129 cm³/mol. The van der Waals surface area contributed by atoms with Gasteiger partial charge in [-0.25, -0.2) is 4.98 Å². The third-order valence-corrected chi connectivity index (χ3v) is 6.87. The number of rotatable bonds is 8. The van der Waals surface area contributed by atoms with Crippen molar-refractivity contribution in [3.8, 4) is 0 Å². The van der Waals surface area contributed by atoms with Gasteiger partial charge in [-0.3, -0.25) is 9.59 Å². The lowest BCUT2D eigenvalue weighted by Crippen LogP contribution is -2.33. The van der Waals surface area contributed by atoms with E-state index in [1.165, 1.54) is 5.56 Å². The van der Waals surface area contributed by atoms with Crippen LogP contribution < -0.4 is 10.2 Å². The Hall–Kier alpha value is -2.99. The Labute approximate surface area is 193 Å². The Bertz CT molecular complexity index is 1070. The van der Waals surface area contributed by atoms with Gasteiger partial charge in [-0.1, -0.05) is 62.4 Å². The zero-order chi connectivity index (χ0) is 22.5. The largest absolute Gasteiger partial charge is 0.350 e. The Morgan fingerprint density at radius 1 is 1.09 bits per heavy atom. The topological polar surface area (TPSA) is 62.3 Å². The summed E-state index contributed by atoms with van der Waals surface area (Å²) in [5.41, 5.74) is 5.41. The van der Waals surface area contributed by atoms with Crippen molar-refractivity contribution in [1.29, 1.82) is 0 Å². The van der Waals surface area contributed by atoms with Crippen LogP contribution in [-0.2, 0) is 35.4 Å². The standard InChI is InChI=1S/C26H29N3O2S/c1-3-19-11-8-12-20(4-2)25(19)29-16-21(14-24(29)30)26(31)27-15-22-17-32-23(28-22)13-18-9-6-5-7-10-18/h5-12,17,21H,3-4,13-16H2,1-2H3,(H,27,31). The maximum absolute atomic E-state index is 12.8. The predicted octanol–water partition coefficient (Wildman–Crippen LogP) is 4.53. The quantitative estimate of drug-likeness (QED) is 0.552. The van der Waals surface area contributed by atoms with Crippen LogP contribution in [0.25, 0.3) is 0 Å². The average Bonchev–Trinajstić information content (AvgIpc) is 3.43. The zero-order valence-electron chi connectivity index (χ0n) is 18.6. The summed E-state index contributed by atoms with van der Waals surface area (Å²) < 4.78 is 0. The van der Waals surface area contributed by atoms with Crippen LogP contribution in [-0.4, -0.2) is 23.3 Å². The molecule has 2 aromatic carbocycles. The summed E-state index contributed by atoms with van der Waals surface area (Å²) in [5, 5.41) is 6.02. The van der Waals surface area contributed by atoms with Crippen LogP contribution >= 0.6 is 11.3 Å². The Kier molecular flexibility index (Phi) is 7.00. The molecule has 3 aromatic rings. The highest BCUT2D eigenvalue weighted by Crippen LogP contribution is 2.32. The van der Waals surface area contributed by atoms with Gasteiger partial charge in [0.2, 0.25) is 11.8 Å². The summed E-state index contributed by atoms with van der Waals surface area (Å²) in [6.07, 6.45) is 2.77. The Balaban J connectivity index is 1.37. The van der Waals surface area contributed by atoms with Gasteiger partial charge in [0.15, 0.2) is 0 Å². The van der Waals surface area contributed by atoms with Gasteiger partial charge in [0, 0.05) is 30.5 Å². The van der Waals surface area contributed by atoms with Crippen LogP contribution in [0.5, 0.6) is 0 Å². The van der Waals surface area contributed by atoms with Gasteiger partial charge in [0.1, 0.15) is 0 Å². The molecule has 0 aliphatic carbocycles. The third-order valence-electron chi connectivity index (χ3n) is 5.97. The van der Waals surface area contributed by atoms with Crippen molar-refractivity contribution in [3.05, 3.63) is 81.3 Å². The number of benzene rings is 2. The Morgan fingerprint density at radius 3 is 2.50 bits per heavy atom. The highest BCUT2D eigenvalue weighted by Gasteiger charge is 2.36. The fourth-order valence-corrected chi connectivity index (χ4v) is 5.09. The number of thiazole rings is 1. The minimum Gasteiger partial charge on any atom is -0.350 e. The SMILES string of the molecule is CCc1cccc(CC)c1N1CC(C(=O)NCc2csc(Cc3ccccc3)n2)CC1=O. The zero-order valence-corrected chi connectivity index (χ0v) is 19.5. The van der Waals surface area contributed by atoms with Crippen LogP contribution in [0.1, 0.15) is 47.7 Å². The maximum Gasteiger partial charge on any atom is 0.227 e. The highest BCUT2D eigenvalue weighted by molar-refractivity contribution is 7.09. The molecule has 1 fully saturated rings. The van der Waals surface area contributed by atoms with E-state index >= 15 is 0 Å². The first-order chi connectivity index (χ1) is 15.6. The van der Waals surface area contributed by atoms with Crippen LogP contribution in [0, 0.1) is 5.92 Å². The highest BCUT2D eigenvalue weighted by atomic mass is 32.1. The average molecular weight is 448 g/mol. The first-order valence-electron chi connectivity index (χ1n) is 11.2. The van der Waals surface area contributed by atoms with E-state index in [1.54, 1.807) is 11.3 Å². The van der Waals surface area contributed by atoms with Crippen molar-refractivity contribution < 1.29 is 9.59 Å². The summed E-state index contributed by atoms with van der Waals surface area (Å²) >= 11 is 1.61.